The van der Waals surface area contributed by atoms with Crippen LogP contribution < -0.4 is 5.46 Å². The molecule has 2 N–H and O–H groups in total. The van der Waals surface area contributed by atoms with Crippen molar-refractivity contribution in [3.05, 3.63) is 17.7 Å². The van der Waals surface area contributed by atoms with Crippen LogP contribution >= 0.6 is 0 Å². The van der Waals surface area contributed by atoms with E-state index < -0.39 is 0 Å². The van der Waals surface area contributed by atoms with E-state index in [1.54, 1.807) is 0 Å². The van der Waals surface area contributed by atoms with Crippen molar-refractivity contribution in [2.75, 3.05) is 0 Å². The van der Waals surface area contributed by atoms with Gasteiger partial charge in [-0.15, -0.1) is 0 Å². The van der Waals surface area contributed by atoms with Crippen LogP contribution in [0, 0.1) is 0 Å². The standard InChI is InChI=1S/C7H5BO3/c8-5-2-7(11)6(10)1-4(5)3-9/h1-3,10-11H. The number of phenolic OH excluding ortho intramolecular Hbond substituents is 2. The molecule has 0 heterocycles. The molecule has 0 aliphatic heterocycles. The molecule has 54 valence electrons. The summed E-state index contributed by atoms with van der Waals surface area (Å²) in [6, 6.07) is 2.23. The van der Waals surface area contributed by atoms with Crippen molar-refractivity contribution in [3.63, 3.8) is 0 Å². The first kappa shape index (κ1) is 7.66. The lowest BCUT2D eigenvalue weighted by molar-refractivity contribution is 0.112. The maximum absolute atomic E-state index is 10.2. The van der Waals surface area contributed by atoms with Gasteiger partial charge in [-0.2, -0.15) is 0 Å². The number of carbonyl (C=O) groups is 1. The molecule has 4 heteroatoms. The van der Waals surface area contributed by atoms with Crippen LogP contribution in [0.2, 0.25) is 0 Å². The average molecular weight is 148 g/mol. The molecule has 2 radical (unpaired) electrons. The lowest BCUT2D eigenvalue weighted by Gasteiger charge is -2.01. The number of phenols is 2. The van der Waals surface area contributed by atoms with E-state index in [9.17, 15) is 4.79 Å². The van der Waals surface area contributed by atoms with Crippen LogP contribution in [-0.2, 0) is 0 Å². The minimum Gasteiger partial charge on any atom is -0.504 e. The first-order chi connectivity index (χ1) is 5.15. The van der Waals surface area contributed by atoms with Crippen molar-refractivity contribution in [3.8, 4) is 11.5 Å². The quantitative estimate of drug-likeness (QED) is 0.326. The van der Waals surface area contributed by atoms with E-state index in [0.717, 1.165) is 12.1 Å². The molecule has 1 aromatic carbocycles. The van der Waals surface area contributed by atoms with E-state index in [1.807, 2.05) is 0 Å². The molecule has 0 atom stereocenters. The van der Waals surface area contributed by atoms with Gasteiger partial charge in [0.2, 0.25) is 0 Å². The van der Waals surface area contributed by atoms with Crippen LogP contribution in [0.25, 0.3) is 0 Å². The molecule has 11 heavy (non-hydrogen) atoms. The maximum atomic E-state index is 10.2. The minimum absolute atomic E-state index is 0.148. The Morgan fingerprint density at radius 3 is 2.36 bits per heavy atom. The van der Waals surface area contributed by atoms with Gasteiger partial charge in [-0.1, -0.05) is 5.46 Å². The molecule has 1 aromatic rings. The topological polar surface area (TPSA) is 57.5 Å². The van der Waals surface area contributed by atoms with E-state index >= 15 is 0 Å². The smallest absolute Gasteiger partial charge is 0.158 e. The predicted octanol–water partition coefficient (Wildman–Crippen LogP) is -0.296. The fourth-order valence-corrected chi connectivity index (χ4v) is 0.711. The SMILES string of the molecule is [B]c1cc(O)c(O)cc1C=O. The molecule has 0 saturated carbocycles. The molecular formula is C7H5BO3. The summed E-state index contributed by atoms with van der Waals surface area (Å²) in [5, 5.41) is 17.8. The van der Waals surface area contributed by atoms with E-state index in [4.69, 9.17) is 18.1 Å². The zero-order chi connectivity index (χ0) is 8.43. The van der Waals surface area contributed by atoms with Crippen molar-refractivity contribution in [1.29, 1.82) is 0 Å². The van der Waals surface area contributed by atoms with Gasteiger partial charge in [0.1, 0.15) is 14.1 Å². The molecule has 0 aliphatic carbocycles. The highest BCUT2D eigenvalue weighted by atomic mass is 16.3. The Labute approximate surface area is 64.7 Å². The molecule has 1 rings (SSSR count). The van der Waals surface area contributed by atoms with Gasteiger partial charge in [0.25, 0.3) is 0 Å². The third kappa shape index (κ3) is 1.34. The molecule has 0 fully saturated rings. The van der Waals surface area contributed by atoms with Gasteiger partial charge in [-0.05, 0) is 12.1 Å². The first-order valence-electron chi connectivity index (χ1n) is 2.91. The van der Waals surface area contributed by atoms with Crippen molar-refractivity contribution < 1.29 is 15.0 Å². The number of aromatic hydroxyl groups is 2. The molecule has 0 saturated heterocycles. The summed E-state index contributed by atoms with van der Waals surface area (Å²) in [6.07, 6.45) is 0.508. The largest absolute Gasteiger partial charge is 0.504 e. The molecular weight excluding hydrogens is 143 g/mol. The van der Waals surface area contributed by atoms with Gasteiger partial charge in [-0.25, -0.2) is 0 Å². The lowest BCUT2D eigenvalue weighted by atomic mass is 9.91. The molecule has 3 nitrogen and oxygen atoms in total. The fourth-order valence-electron chi connectivity index (χ4n) is 0.711. The predicted molar refractivity (Wildman–Crippen MR) is 40.5 cm³/mol. The summed E-state index contributed by atoms with van der Waals surface area (Å²) in [6.45, 7) is 0. The Kier molecular flexibility index (Phi) is 1.85. The summed E-state index contributed by atoms with van der Waals surface area (Å²) in [4.78, 5) is 10.2. The molecule has 0 aromatic heterocycles. The Balaban J connectivity index is 3.31. The molecule has 0 aliphatic rings. The Morgan fingerprint density at radius 1 is 1.27 bits per heavy atom. The van der Waals surface area contributed by atoms with E-state index in [0.29, 0.717) is 6.29 Å². The maximum Gasteiger partial charge on any atom is 0.158 e. The second-order valence-corrected chi connectivity index (χ2v) is 2.09. The van der Waals surface area contributed by atoms with Crippen LogP contribution in [-0.4, -0.2) is 24.3 Å². The highest BCUT2D eigenvalue weighted by Crippen LogP contribution is 2.22. The van der Waals surface area contributed by atoms with Gasteiger partial charge in [0, 0.05) is 5.56 Å². The third-order valence-electron chi connectivity index (χ3n) is 1.31. The van der Waals surface area contributed by atoms with Crippen molar-refractivity contribution in [1.82, 2.24) is 0 Å². The monoisotopic (exact) mass is 148 g/mol. The number of benzene rings is 1. The Bertz CT molecular complexity index is 296. The van der Waals surface area contributed by atoms with Crippen LogP contribution in [0.5, 0.6) is 11.5 Å². The number of rotatable bonds is 1. The normalized spacial score (nSPS) is 9.45. The highest BCUT2D eigenvalue weighted by molar-refractivity contribution is 6.35. The van der Waals surface area contributed by atoms with Crippen molar-refractivity contribution in [2.45, 2.75) is 0 Å². The van der Waals surface area contributed by atoms with Gasteiger partial charge in [0.05, 0.1) is 0 Å². The highest BCUT2D eigenvalue weighted by Gasteiger charge is 2.02. The first-order valence-corrected chi connectivity index (χ1v) is 2.91. The molecule has 0 bridgehead atoms. The lowest BCUT2D eigenvalue weighted by Crippen LogP contribution is -2.08. The van der Waals surface area contributed by atoms with E-state index in [1.165, 1.54) is 0 Å². The van der Waals surface area contributed by atoms with Crippen LogP contribution in [0.4, 0.5) is 0 Å². The minimum atomic E-state index is -0.346. The molecule has 0 amide bonds. The summed E-state index contributed by atoms with van der Waals surface area (Å²) in [5.41, 5.74) is 0.315. The Morgan fingerprint density at radius 2 is 1.82 bits per heavy atom. The summed E-state index contributed by atoms with van der Waals surface area (Å²) in [5.74, 6) is -0.672. The van der Waals surface area contributed by atoms with E-state index in [2.05, 4.69) is 0 Å². The summed E-state index contributed by atoms with van der Waals surface area (Å²) >= 11 is 0. The Hall–Kier alpha value is -1.45. The van der Waals surface area contributed by atoms with Gasteiger partial charge < -0.3 is 10.2 Å². The average Bonchev–Trinajstić information content (AvgIpc) is 1.97. The van der Waals surface area contributed by atoms with Crippen LogP contribution in [0.3, 0.4) is 0 Å². The fraction of sp³-hybridized carbons (Fsp3) is 0. The van der Waals surface area contributed by atoms with Gasteiger partial charge >= 0.3 is 0 Å². The summed E-state index contributed by atoms with van der Waals surface area (Å²) in [7, 11) is 5.30. The number of aldehydes is 1. The van der Waals surface area contributed by atoms with Crippen molar-refractivity contribution >= 4 is 19.6 Å². The third-order valence-corrected chi connectivity index (χ3v) is 1.31. The van der Waals surface area contributed by atoms with Crippen molar-refractivity contribution in [2.24, 2.45) is 0 Å². The van der Waals surface area contributed by atoms with E-state index in [-0.39, 0.29) is 22.5 Å². The second-order valence-electron chi connectivity index (χ2n) is 2.09. The second kappa shape index (κ2) is 2.66. The van der Waals surface area contributed by atoms with Gasteiger partial charge in [-0.3, -0.25) is 4.79 Å². The number of hydrogen-bond donors (Lipinski definition) is 2. The summed E-state index contributed by atoms with van der Waals surface area (Å²) < 4.78 is 0. The number of carbonyl (C=O) groups excluding carboxylic acids is 1. The van der Waals surface area contributed by atoms with Crippen LogP contribution in [0.1, 0.15) is 10.4 Å². The molecule has 0 spiro atoms. The molecule has 0 unspecified atom stereocenters. The van der Waals surface area contributed by atoms with Crippen LogP contribution in [0.15, 0.2) is 12.1 Å². The number of hydrogen-bond acceptors (Lipinski definition) is 3. The zero-order valence-electron chi connectivity index (χ0n) is 5.61. The zero-order valence-corrected chi connectivity index (χ0v) is 5.61. The van der Waals surface area contributed by atoms with Gasteiger partial charge in [0.15, 0.2) is 11.5 Å².